The van der Waals surface area contributed by atoms with Crippen molar-refractivity contribution in [1.82, 2.24) is 9.97 Å². The first-order valence-electron chi connectivity index (χ1n) is 6.93. The molecule has 120 valence electrons. The van der Waals surface area contributed by atoms with Crippen LogP contribution in [0.25, 0.3) is 6.08 Å². The highest BCUT2D eigenvalue weighted by Crippen LogP contribution is 2.39. The molecular formula is C14H20BClN2O2S2. The van der Waals surface area contributed by atoms with Crippen LogP contribution in [0.4, 0.5) is 0 Å². The summed E-state index contributed by atoms with van der Waals surface area (Å²) >= 11 is 12.1. The third-order valence-corrected chi connectivity index (χ3v) is 5.24. The molecule has 1 aliphatic rings. The lowest BCUT2D eigenvalue weighted by Crippen LogP contribution is -2.41. The quantitative estimate of drug-likeness (QED) is 0.292. The smallest absolute Gasteiger partial charge is 0.400 e. The lowest BCUT2D eigenvalue weighted by molar-refractivity contribution is 0.00578. The van der Waals surface area contributed by atoms with E-state index in [2.05, 4.69) is 22.6 Å². The zero-order valence-corrected chi connectivity index (χ0v) is 15.9. The fraction of sp³-hybridized carbons (Fsp3) is 0.571. The average Bonchev–Trinajstić information content (AvgIpc) is 2.65. The van der Waals surface area contributed by atoms with Crippen molar-refractivity contribution < 1.29 is 9.31 Å². The maximum absolute atomic E-state index is 6.21. The van der Waals surface area contributed by atoms with Crippen molar-refractivity contribution in [1.29, 1.82) is 0 Å². The second-order valence-corrected chi connectivity index (χ2v) is 7.52. The number of thioether (sulfide) groups is 1. The van der Waals surface area contributed by atoms with Gasteiger partial charge in [0.25, 0.3) is 0 Å². The first kappa shape index (κ1) is 18.1. The lowest BCUT2D eigenvalue weighted by Gasteiger charge is -2.32. The molecule has 0 spiro atoms. The van der Waals surface area contributed by atoms with Crippen LogP contribution in [-0.4, -0.2) is 40.3 Å². The molecule has 1 aromatic rings. The Morgan fingerprint density at radius 2 is 1.95 bits per heavy atom. The van der Waals surface area contributed by atoms with E-state index in [0.717, 1.165) is 11.0 Å². The molecular weight excluding hydrogens is 339 g/mol. The minimum atomic E-state index is -0.446. The minimum absolute atomic E-state index is 0.386. The van der Waals surface area contributed by atoms with Gasteiger partial charge >= 0.3 is 7.12 Å². The molecule has 0 atom stereocenters. The summed E-state index contributed by atoms with van der Waals surface area (Å²) in [5.74, 6) is 0.497. The first-order valence-corrected chi connectivity index (χ1v) is 9.17. The molecule has 0 unspecified atom stereocenters. The van der Waals surface area contributed by atoms with Gasteiger partial charge in [0.05, 0.1) is 11.2 Å². The van der Waals surface area contributed by atoms with E-state index in [1.54, 1.807) is 6.20 Å². The summed E-state index contributed by atoms with van der Waals surface area (Å²) in [6.45, 7) is 8.08. The molecule has 2 rings (SSSR count). The van der Waals surface area contributed by atoms with Gasteiger partial charge in [-0.25, -0.2) is 9.97 Å². The average molecular weight is 359 g/mol. The predicted molar refractivity (Wildman–Crippen MR) is 96.7 cm³/mol. The Bertz CT molecular complexity index is 580. The van der Waals surface area contributed by atoms with Crippen LogP contribution in [0.3, 0.4) is 0 Å². The topological polar surface area (TPSA) is 44.2 Å². The Labute approximate surface area is 147 Å². The molecule has 0 radical (unpaired) electrons. The minimum Gasteiger partial charge on any atom is -0.400 e. The van der Waals surface area contributed by atoms with Crippen molar-refractivity contribution in [3.63, 3.8) is 0 Å². The van der Waals surface area contributed by atoms with Crippen LogP contribution < -0.4 is 0 Å². The summed E-state index contributed by atoms with van der Waals surface area (Å²) in [5, 5.41) is 1.06. The van der Waals surface area contributed by atoms with Gasteiger partial charge in [0.1, 0.15) is 5.15 Å². The van der Waals surface area contributed by atoms with Gasteiger partial charge in [-0.2, -0.15) is 12.6 Å². The van der Waals surface area contributed by atoms with Gasteiger partial charge in [0.15, 0.2) is 5.16 Å². The summed E-state index contributed by atoms with van der Waals surface area (Å²) in [7, 11) is -0.446. The first-order chi connectivity index (χ1) is 10.2. The largest absolute Gasteiger partial charge is 0.491 e. The van der Waals surface area contributed by atoms with Gasteiger partial charge < -0.3 is 9.31 Å². The van der Waals surface area contributed by atoms with Crippen molar-refractivity contribution >= 4 is 49.2 Å². The molecule has 0 saturated carbocycles. The zero-order valence-electron chi connectivity index (χ0n) is 13.4. The number of halogens is 1. The Balaban J connectivity index is 2.29. The Morgan fingerprint density at radius 1 is 1.36 bits per heavy atom. The molecule has 8 heteroatoms. The van der Waals surface area contributed by atoms with Crippen LogP contribution in [0.5, 0.6) is 0 Å². The third kappa shape index (κ3) is 3.65. The summed E-state index contributed by atoms with van der Waals surface area (Å²) < 4.78 is 12.1. The van der Waals surface area contributed by atoms with Crippen molar-refractivity contribution in [3.8, 4) is 0 Å². The molecule has 0 N–H and O–H groups in total. The van der Waals surface area contributed by atoms with Crippen molar-refractivity contribution in [2.75, 3.05) is 12.0 Å². The number of nitrogens with zero attached hydrogens (tertiary/aromatic N) is 2. The molecule has 4 nitrogen and oxygen atoms in total. The van der Waals surface area contributed by atoms with E-state index in [9.17, 15) is 0 Å². The van der Waals surface area contributed by atoms with Gasteiger partial charge in [-0.15, -0.1) is 0 Å². The lowest BCUT2D eigenvalue weighted by atomic mass is 9.78. The van der Waals surface area contributed by atoms with E-state index in [1.165, 1.54) is 11.8 Å². The highest BCUT2D eigenvalue weighted by molar-refractivity contribution is 7.98. The summed E-state index contributed by atoms with van der Waals surface area (Å²) in [5.41, 5.74) is 0.855. The fourth-order valence-corrected chi connectivity index (χ4v) is 2.75. The van der Waals surface area contributed by atoms with E-state index >= 15 is 0 Å². The predicted octanol–water partition coefficient (Wildman–Crippen LogP) is 3.80. The van der Waals surface area contributed by atoms with Gasteiger partial charge in [0.2, 0.25) is 0 Å². The standard InChI is InChI=1S/C14H20BClN2O2S2/c1-13(2)14(3,4)20-15(19-13)10(8-21)6-9-7-17-12(22-5)18-11(9)16/h6-7,21H,8H2,1-5H3. The number of hydrogen-bond acceptors (Lipinski definition) is 6. The van der Waals surface area contributed by atoms with Crippen LogP contribution in [0.2, 0.25) is 5.15 Å². The maximum Gasteiger partial charge on any atom is 0.491 e. The van der Waals surface area contributed by atoms with E-state index in [4.69, 9.17) is 20.9 Å². The SMILES string of the molecule is CSc1ncc(C=C(CS)B2OC(C)(C)C(C)(C)O2)c(Cl)n1. The van der Waals surface area contributed by atoms with Crippen molar-refractivity contribution in [2.45, 2.75) is 44.1 Å². The summed E-state index contributed by atoms with van der Waals surface area (Å²) in [6, 6.07) is 0. The normalized spacial score (nSPS) is 20.5. The summed E-state index contributed by atoms with van der Waals surface area (Å²) in [6.07, 6.45) is 5.50. The van der Waals surface area contributed by atoms with Crippen molar-refractivity contribution in [3.05, 3.63) is 22.4 Å². The highest BCUT2D eigenvalue weighted by Gasteiger charge is 2.52. The van der Waals surface area contributed by atoms with Gasteiger partial charge in [0, 0.05) is 17.5 Å². The number of hydrogen-bond donors (Lipinski definition) is 1. The molecule has 0 bridgehead atoms. The molecule has 2 heterocycles. The molecule has 1 aromatic heterocycles. The van der Waals surface area contributed by atoms with Crippen LogP contribution in [-0.2, 0) is 9.31 Å². The van der Waals surface area contributed by atoms with E-state index in [-0.39, 0.29) is 11.2 Å². The second kappa shape index (κ2) is 6.73. The molecule has 1 aliphatic heterocycles. The Morgan fingerprint density at radius 3 is 2.41 bits per heavy atom. The molecule has 22 heavy (non-hydrogen) atoms. The zero-order chi connectivity index (χ0) is 16.5. The van der Waals surface area contributed by atoms with Crippen LogP contribution in [0.15, 0.2) is 16.8 Å². The monoisotopic (exact) mass is 358 g/mol. The highest BCUT2D eigenvalue weighted by atomic mass is 35.5. The van der Waals surface area contributed by atoms with E-state index in [0.29, 0.717) is 16.1 Å². The Kier molecular flexibility index (Phi) is 5.55. The van der Waals surface area contributed by atoms with E-state index < -0.39 is 7.12 Å². The van der Waals surface area contributed by atoms with Gasteiger partial charge in [-0.3, -0.25) is 0 Å². The van der Waals surface area contributed by atoms with Crippen LogP contribution >= 0.6 is 36.0 Å². The van der Waals surface area contributed by atoms with Gasteiger partial charge in [-0.05, 0) is 39.4 Å². The molecule has 1 fully saturated rings. The fourth-order valence-electron chi connectivity index (χ4n) is 1.93. The third-order valence-electron chi connectivity index (χ3n) is 4.01. The molecule has 0 aliphatic carbocycles. The second-order valence-electron chi connectivity index (χ2n) is 6.07. The maximum atomic E-state index is 6.21. The van der Waals surface area contributed by atoms with Crippen LogP contribution in [0, 0.1) is 0 Å². The number of thiol groups is 1. The molecule has 1 saturated heterocycles. The molecule has 0 aromatic carbocycles. The number of rotatable bonds is 4. The Hall–Kier alpha value is -0.205. The van der Waals surface area contributed by atoms with E-state index in [1.807, 2.05) is 40.0 Å². The van der Waals surface area contributed by atoms with Crippen LogP contribution in [0.1, 0.15) is 33.3 Å². The number of aromatic nitrogens is 2. The van der Waals surface area contributed by atoms with Gasteiger partial charge in [-0.1, -0.05) is 29.4 Å². The summed E-state index contributed by atoms with van der Waals surface area (Å²) in [4.78, 5) is 8.47. The molecule has 0 amide bonds. The van der Waals surface area contributed by atoms with Crippen molar-refractivity contribution in [2.24, 2.45) is 0 Å².